The van der Waals surface area contributed by atoms with E-state index >= 15 is 0 Å². The lowest BCUT2D eigenvalue weighted by atomic mass is 9.89. The van der Waals surface area contributed by atoms with Crippen LogP contribution in [0.25, 0.3) is 0 Å². The maximum absolute atomic E-state index is 5.80. The van der Waals surface area contributed by atoms with Crippen LogP contribution in [0.15, 0.2) is 4.42 Å². The van der Waals surface area contributed by atoms with Gasteiger partial charge in [-0.2, -0.15) is 0 Å². The molecule has 0 unspecified atom stereocenters. The summed E-state index contributed by atoms with van der Waals surface area (Å²) in [6.07, 6.45) is 8.82. The van der Waals surface area contributed by atoms with E-state index in [1.54, 1.807) is 0 Å². The molecule has 2 heteroatoms. The summed E-state index contributed by atoms with van der Waals surface area (Å²) in [6.45, 7) is 4.23. The van der Waals surface area contributed by atoms with E-state index in [0.29, 0.717) is 5.92 Å². The van der Waals surface area contributed by atoms with Crippen LogP contribution in [0.3, 0.4) is 0 Å². The Morgan fingerprint density at radius 1 is 1.27 bits per heavy atom. The van der Waals surface area contributed by atoms with Crippen LogP contribution < -0.4 is 0 Å². The lowest BCUT2D eigenvalue weighted by molar-refractivity contribution is 0.356. The van der Waals surface area contributed by atoms with Gasteiger partial charge >= 0.3 is 0 Å². The summed E-state index contributed by atoms with van der Waals surface area (Å²) >= 11 is 0. The van der Waals surface area contributed by atoms with Gasteiger partial charge in [-0.05, 0) is 26.2 Å². The van der Waals surface area contributed by atoms with Gasteiger partial charge in [-0.15, -0.1) is 0 Å². The molecule has 1 heterocycles. The molecule has 0 aliphatic heterocycles. The molecule has 15 heavy (non-hydrogen) atoms. The molecule has 2 rings (SSSR count). The summed E-state index contributed by atoms with van der Waals surface area (Å²) in [6, 6.07) is 0. The lowest BCUT2D eigenvalue weighted by Gasteiger charge is -2.17. The van der Waals surface area contributed by atoms with E-state index in [-0.39, 0.29) is 0 Å². The molecule has 2 nitrogen and oxygen atoms in total. The number of aromatic nitrogens is 1. The van der Waals surface area contributed by atoms with Gasteiger partial charge in [-0.1, -0.05) is 32.6 Å². The number of hydrogen-bond acceptors (Lipinski definition) is 2. The van der Waals surface area contributed by atoms with Gasteiger partial charge in [-0.3, -0.25) is 0 Å². The van der Waals surface area contributed by atoms with Gasteiger partial charge in [0.25, 0.3) is 0 Å². The third-order valence-electron chi connectivity index (χ3n) is 3.35. The smallest absolute Gasteiger partial charge is 0.197 e. The highest BCUT2D eigenvalue weighted by Crippen LogP contribution is 2.32. The molecular weight excluding hydrogens is 186 g/mol. The maximum Gasteiger partial charge on any atom is 0.197 e. The molecule has 0 saturated heterocycles. The van der Waals surface area contributed by atoms with Gasteiger partial charge in [-0.25, -0.2) is 4.98 Å². The number of nitrogens with zero attached hydrogens (tertiary/aromatic N) is 1. The standard InChI is InChI=1S/C13H21NO/c1-3-7-12-10(2)15-13(14-12)11-8-5-4-6-9-11/h11H,3-9H2,1-2H3. The Balaban J connectivity index is 2.10. The summed E-state index contributed by atoms with van der Waals surface area (Å²) in [5.74, 6) is 2.65. The number of aryl methyl sites for hydroxylation is 2. The molecule has 0 radical (unpaired) electrons. The predicted molar refractivity (Wildman–Crippen MR) is 61.1 cm³/mol. The van der Waals surface area contributed by atoms with Crippen molar-refractivity contribution >= 4 is 0 Å². The topological polar surface area (TPSA) is 26.0 Å². The first kappa shape index (κ1) is 10.7. The fourth-order valence-corrected chi connectivity index (χ4v) is 2.44. The quantitative estimate of drug-likeness (QED) is 0.749. The fourth-order valence-electron chi connectivity index (χ4n) is 2.44. The van der Waals surface area contributed by atoms with Crippen molar-refractivity contribution in [1.82, 2.24) is 4.98 Å². The normalized spacial score (nSPS) is 18.3. The monoisotopic (exact) mass is 207 g/mol. The molecule has 1 fully saturated rings. The molecule has 0 aromatic carbocycles. The second kappa shape index (κ2) is 4.82. The molecule has 1 aromatic heterocycles. The van der Waals surface area contributed by atoms with Crippen LogP contribution >= 0.6 is 0 Å². The first-order chi connectivity index (χ1) is 7.31. The van der Waals surface area contributed by atoms with Crippen molar-refractivity contribution in [3.8, 4) is 0 Å². The molecule has 0 N–H and O–H groups in total. The molecule has 84 valence electrons. The first-order valence-corrected chi connectivity index (χ1v) is 6.27. The minimum Gasteiger partial charge on any atom is -0.445 e. The van der Waals surface area contributed by atoms with Gasteiger partial charge in [0.2, 0.25) is 0 Å². The third-order valence-corrected chi connectivity index (χ3v) is 3.35. The minimum atomic E-state index is 0.600. The number of hydrogen-bond donors (Lipinski definition) is 0. The van der Waals surface area contributed by atoms with Crippen LogP contribution in [0.1, 0.15) is 68.7 Å². The second-order valence-corrected chi connectivity index (χ2v) is 4.64. The molecule has 1 aliphatic carbocycles. The Bertz CT molecular complexity index is 310. The highest BCUT2D eigenvalue weighted by molar-refractivity contribution is 5.10. The van der Waals surface area contributed by atoms with Crippen molar-refractivity contribution in [1.29, 1.82) is 0 Å². The summed E-state index contributed by atoms with van der Waals surface area (Å²) in [5, 5.41) is 0. The highest BCUT2D eigenvalue weighted by atomic mass is 16.4. The predicted octanol–water partition coefficient (Wildman–Crippen LogP) is 3.98. The molecule has 0 atom stereocenters. The van der Waals surface area contributed by atoms with E-state index in [2.05, 4.69) is 11.9 Å². The Hall–Kier alpha value is -0.790. The van der Waals surface area contributed by atoms with Gasteiger partial charge in [0.05, 0.1) is 5.69 Å². The van der Waals surface area contributed by atoms with Gasteiger partial charge in [0.1, 0.15) is 5.76 Å². The number of oxazole rings is 1. The SMILES string of the molecule is CCCc1nc(C2CCCCC2)oc1C. The summed E-state index contributed by atoms with van der Waals surface area (Å²) in [7, 11) is 0. The Labute approximate surface area is 92.1 Å². The van der Waals surface area contributed by atoms with E-state index < -0.39 is 0 Å². The van der Waals surface area contributed by atoms with Crippen molar-refractivity contribution in [2.75, 3.05) is 0 Å². The molecule has 0 spiro atoms. The average molecular weight is 207 g/mol. The van der Waals surface area contributed by atoms with Crippen molar-refractivity contribution in [3.63, 3.8) is 0 Å². The summed E-state index contributed by atoms with van der Waals surface area (Å²) < 4.78 is 5.80. The molecule has 1 aromatic rings. The van der Waals surface area contributed by atoms with E-state index in [1.807, 2.05) is 6.92 Å². The van der Waals surface area contributed by atoms with Crippen molar-refractivity contribution in [3.05, 3.63) is 17.3 Å². The van der Waals surface area contributed by atoms with Crippen LogP contribution in [0.2, 0.25) is 0 Å². The molecule has 0 bridgehead atoms. The zero-order valence-electron chi connectivity index (χ0n) is 9.88. The van der Waals surface area contributed by atoms with Crippen molar-refractivity contribution in [2.45, 2.75) is 64.7 Å². The highest BCUT2D eigenvalue weighted by Gasteiger charge is 2.21. The van der Waals surface area contributed by atoms with Crippen LogP contribution in [-0.2, 0) is 6.42 Å². The van der Waals surface area contributed by atoms with Crippen molar-refractivity contribution < 1.29 is 4.42 Å². The maximum atomic E-state index is 5.80. The molecule has 0 amide bonds. The van der Waals surface area contributed by atoms with Gasteiger partial charge < -0.3 is 4.42 Å². The Morgan fingerprint density at radius 2 is 2.00 bits per heavy atom. The van der Waals surface area contributed by atoms with E-state index in [9.17, 15) is 0 Å². The second-order valence-electron chi connectivity index (χ2n) is 4.64. The van der Waals surface area contributed by atoms with Gasteiger partial charge in [0.15, 0.2) is 5.89 Å². The molecular formula is C13H21NO. The van der Waals surface area contributed by atoms with Crippen LogP contribution in [0, 0.1) is 6.92 Å². The van der Waals surface area contributed by atoms with Crippen LogP contribution in [0.4, 0.5) is 0 Å². The largest absolute Gasteiger partial charge is 0.445 e. The van der Waals surface area contributed by atoms with Crippen molar-refractivity contribution in [2.24, 2.45) is 0 Å². The number of rotatable bonds is 3. The lowest BCUT2D eigenvalue weighted by Crippen LogP contribution is -2.04. The molecule has 1 aliphatic rings. The van der Waals surface area contributed by atoms with E-state index in [1.165, 1.54) is 37.8 Å². The summed E-state index contributed by atoms with van der Waals surface area (Å²) in [5.41, 5.74) is 1.18. The van der Waals surface area contributed by atoms with E-state index in [0.717, 1.165) is 24.5 Å². The first-order valence-electron chi connectivity index (χ1n) is 6.27. The third kappa shape index (κ3) is 2.42. The minimum absolute atomic E-state index is 0.600. The van der Waals surface area contributed by atoms with Crippen LogP contribution in [0.5, 0.6) is 0 Å². The Morgan fingerprint density at radius 3 is 2.67 bits per heavy atom. The van der Waals surface area contributed by atoms with Crippen LogP contribution in [-0.4, -0.2) is 4.98 Å². The molecule has 1 saturated carbocycles. The van der Waals surface area contributed by atoms with Gasteiger partial charge in [0, 0.05) is 5.92 Å². The zero-order valence-corrected chi connectivity index (χ0v) is 9.88. The fraction of sp³-hybridized carbons (Fsp3) is 0.769. The summed E-state index contributed by atoms with van der Waals surface area (Å²) in [4.78, 5) is 4.66. The Kier molecular flexibility index (Phi) is 3.45. The zero-order chi connectivity index (χ0) is 10.7. The van der Waals surface area contributed by atoms with E-state index in [4.69, 9.17) is 4.42 Å². The average Bonchev–Trinajstić information content (AvgIpc) is 2.63.